The average Bonchev–Trinajstić information content (AvgIpc) is 2.94. The Hall–Kier alpha value is -2.08. The minimum absolute atomic E-state index is 0.280. The van der Waals surface area contributed by atoms with Gasteiger partial charge in [-0.15, -0.1) is 0 Å². The van der Waals surface area contributed by atoms with Gasteiger partial charge in [0.1, 0.15) is 0 Å². The first kappa shape index (κ1) is 12.0. The molecule has 4 N–H and O–H groups in total. The second-order valence-electron chi connectivity index (χ2n) is 4.81. The van der Waals surface area contributed by atoms with Gasteiger partial charge in [0.2, 0.25) is 0 Å². The van der Waals surface area contributed by atoms with Crippen LogP contribution < -0.4 is 21.8 Å². The molecule has 3 rings (SSSR count). The van der Waals surface area contributed by atoms with Crippen LogP contribution in [0.1, 0.15) is 12.8 Å². The van der Waals surface area contributed by atoms with Gasteiger partial charge >= 0.3 is 0 Å². The van der Waals surface area contributed by atoms with Gasteiger partial charge < -0.3 is 10.6 Å². The summed E-state index contributed by atoms with van der Waals surface area (Å²) >= 11 is 0. The summed E-state index contributed by atoms with van der Waals surface area (Å²) in [7, 11) is 0. The van der Waals surface area contributed by atoms with Crippen molar-refractivity contribution in [3.8, 4) is 0 Å². The van der Waals surface area contributed by atoms with Crippen LogP contribution in [0.2, 0.25) is 0 Å². The maximum absolute atomic E-state index is 11.9. The molecule has 0 saturated carbocycles. The van der Waals surface area contributed by atoms with E-state index in [4.69, 9.17) is 0 Å². The number of aromatic nitrogens is 2. The summed E-state index contributed by atoms with van der Waals surface area (Å²) in [5.41, 5.74) is 0.146. The molecule has 1 aliphatic heterocycles. The molecule has 1 aliphatic rings. The minimum Gasteiger partial charge on any atom is -0.383 e. The van der Waals surface area contributed by atoms with Crippen LogP contribution in [-0.2, 0) is 0 Å². The number of anilines is 1. The van der Waals surface area contributed by atoms with Crippen LogP contribution >= 0.6 is 0 Å². The highest BCUT2D eigenvalue weighted by atomic mass is 16.1. The predicted octanol–water partition coefficient (Wildman–Crippen LogP) is 0.380. The van der Waals surface area contributed by atoms with Crippen LogP contribution in [0.25, 0.3) is 10.8 Å². The van der Waals surface area contributed by atoms with E-state index >= 15 is 0 Å². The first-order valence-electron chi connectivity index (χ1n) is 6.46. The second kappa shape index (κ2) is 4.89. The van der Waals surface area contributed by atoms with Crippen LogP contribution in [0.15, 0.2) is 27.8 Å². The number of H-pyrrole nitrogens is 2. The van der Waals surface area contributed by atoms with Crippen molar-refractivity contribution in [2.24, 2.45) is 0 Å². The molecule has 6 nitrogen and oxygen atoms in total. The molecule has 1 aromatic heterocycles. The first-order valence-corrected chi connectivity index (χ1v) is 6.46. The second-order valence-corrected chi connectivity index (χ2v) is 4.81. The van der Waals surface area contributed by atoms with Gasteiger partial charge in [0.05, 0.1) is 10.8 Å². The van der Waals surface area contributed by atoms with Gasteiger partial charge in [0.15, 0.2) is 0 Å². The fraction of sp³-hybridized carbons (Fsp3) is 0.385. The molecular formula is C13H16N4O2. The van der Waals surface area contributed by atoms with E-state index < -0.39 is 0 Å². The number of aromatic amines is 2. The molecular weight excluding hydrogens is 244 g/mol. The Bertz CT molecular complexity index is 698. The van der Waals surface area contributed by atoms with E-state index in [0.29, 0.717) is 22.5 Å². The largest absolute Gasteiger partial charge is 0.383 e. The van der Waals surface area contributed by atoms with Crippen molar-refractivity contribution in [2.75, 3.05) is 18.4 Å². The SMILES string of the molecule is O=c1[nH][nH]c(=O)c2c(NCC3CCCN3)cccc12. The fourth-order valence-electron chi connectivity index (χ4n) is 2.54. The zero-order valence-electron chi connectivity index (χ0n) is 10.5. The lowest BCUT2D eigenvalue weighted by atomic mass is 10.1. The third-order valence-corrected chi connectivity index (χ3v) is 3.53. The van der Waals surface area contributed by atoms with E-state index in [9.17, 15) is 9.59 Å². The molecule has 0 spiro atoms. The molecule has 0 aliphatic carbocycles. The van der Waals surface area contributed by atoms with Gasteiger partial charge in [-0.05, 0) is 31.5 Å². The normalized spacial score (nSPS) is 18.8. The molecule has 1 unspecified atom stereocenters. The molecule has 1 atom stereocenters. The van der Waals surface area contributed by atoms with E-state index in [2.05, 4.69) is 20.8 Å². The van der Waals surface area contributed by atoms with Crippen molar-refractivity contribution in [2.45, 2.75) is 18.9 Å². The highest BCUT2D eigenvalue weighted by Gasteiger charge is 2.14. The summed E-state index contributed by atoms with van der Waals surface area (Å²) in [6, 6.07) is 5.69. The molecule has 19 heavy (non-hydrogen) atoms. The summed E-state index contributed by atoms with van der Waals surface area (Å²) in [5, 5.41) is 12.2. The zero-order valence-corrected chi connectivity index (χ0v) is 10.5. The Morgan fingerprint density at radius 1 is 1.21 bits per heavy atom. The molecule has 1 fully saturated rings. The Morgan fingerprint density at radius 2 is 2.05 bits per heavy atom. The molecule has 2 aromatic rings. The third kappa shape index (κ3) is 2.26. The van der Waals surface area contributed by atoms with E-state index in [0.717, 1.165) is 19.5 Å². The van der Waals surface area contributed by atoms with Gasteiger partial charge in [0.25, 0.3) is 11.1 Å². The van der Waals surface area contributed by atoms with Crippen LogP contribution in [0, 0.1) is 0 Å². The van der Waals surface area contributed by atoms with Gasteiger partial charge in [-0.1, -0.05) is 6.07 Å². The molecule has 1 saturated heterocycles. The van der Waals surface area contributed by atoms with Crippen molar-refractivity contribution >= 4 is 16.5 Å². The number of rotatable bonds is 3. The topological polar surface area (TPSA) is 89.8 Å². The van der Waals surface area contributed by atoms with Gasteiger partial charge in [-0.25, -0.2) is 0 Å². The number of nitrogens with one attached hydrogen (secondary N) is 4. The molecule has 0 radical (unpaired) electrons. The molecule has 1 aromatic carbocycles. The Morgan fingerprint density at radius 3 is 2.84 bits per heavy atom. The van der Waals surface area contributed by atoms with Crippen LogP contribution in [-0.4, -0.2) is 29.3 Å². The van der Waals surface area contributed by atoms with E-state index in [-0.39, 0.29) is 11.1 Å². The van der Waals surface area contributed by atoms with E-state index in [1.54, 1.807) is 12.1 Å². The maximum atomic E-state index is 11.9. The molecule has 0 bridgehead atoms. The lowest BCUT2D eigenvalue weighted by molar-refractivity contribution is 0.634. The Kier molecular flexibility index (Phi) is 3.08. The minimum atomic E-state index is -0.280. The summed E-state index contributed by atoms with van der Waals surface area (Å²) in [6.07, 6.45) is 2.32. The number of hydrogen-bond donors (Lipinski definition) is 4. The molecule has 2 heterocycles. The first-order chi connectivity index (χ1) is 9.25. The lowest BCUT2D eigenvalue weighted by Gasteiger charge is -2.13. The van der Waals surface area contributed by atoms with E-state index in [1.165, 1.54) is 6.42 Å². The Balaban J connectivity index is 1.96. The molecule has 6 heteroatoms. The summed E-state index contributed by atoms with van der Waals surface area (Å²) in [4.78, 5) is 23.5. The summed E-state index contributed by atoms with van der Waals surface area (Å²) < 4.78 is 0. The third-order valence-electron chi connectivity index (χ3n) is 3.53. The molecule has 0 amide bonds. The van der Waals surface area contributed by atoms with Crippen LogP contribution in [0.4, 0.5) is 5.69 Å². The quantitative estimate of drug-likeness (QED) is 0.642. The summed E-state index contributed by atoms with van der Waals surface area (Å²) in [5.74, 6) is 0. The maximum Gasteiger partial charge on any atom is 0.272 e. The number of hydrogen-bond acceptors (Lipinski definition) is 4. The van der Waals surface area contributed by atoms with Crippen molar-refractivity contribution in [1.29, 1.82) is 0 Å². The van der Waals surface area contributed by atoms with Crippen molar-refractivity contribution in [3.05, 3.63) is 38.9 Å². The van der Waals surface area contributed by atoms with Crippen molar-refractivity contribution in [3.63, 3.8) is 0 Å². The number of fused-ring (bicyclic) bond motifs is 1. The smallest absolute Gasteiger partial charge is 0.272 e. The highest BCUT2D eigenvalue weighted by Crippen LogP contribution is 2.17. The monoisotopic (exact) mass is 260 g/mol. The van der Waals surface area contributed by atoms with Gasteiger partial charge in [-0.2, -0.15) is 0 Å². The van der Waals surface area contributed by atoms with Gasteiger partial charge in [0, 0.05) is 18.3 Å². The summed E-state index contributed by atoms with van der Waals surface area (Å²) in [6.45, 7) is 1.80. The predicted molar refractivity (Wildman–Crippen MR) is 74.7 cm³/mol. The van der Waals surface area contributed by atoms with Gasteiger partial charge in [-0.3, -0.25) is 19.8 Å². The highest BCUT2D eigenvalue weighted by molar-refractivity contribution is 5.92. The lowest BCUT2D eigenvalue weighted by Crippen LogP contribution is -2.30. The van der Waals surface area contributed by atoms with Crippen LogP contribution in [0.5, 0.6) is 0 Å². The standard InChI is InChI=1S/C13H16N4O2/c18-12-9-4-1-5-10(11(9)13(19)17-16-12)15-7-8-3-2-6-14-8/h1,4-5,8,14-15H,2-3,6-7H2,(H,16,18)(H,17,19). The van der Waals surface area contributed by atoms with E-state index in [1.807, 2.05) is 6.07 Å². The average molecular weight is 260 g/mol. The zero-order chi connectivity index (χ0) is 13.2. The Labute approximate surface area is 109 Å². The van der Waals surface area contributed by atoms with Crippen molar-refractivity contribution in [1.82, 2.24) is 15.5 Å². The van der Waals surface area contributed by atoms with Crippen LogP contribution in [0.3, 0.4) is 0 Å². The van der Waals surface area contributed by atoms with Crippen molar-refractivity contribution < 1.29 is 0 Å². The molecule has 100 valence electrons. The fourth-order valence-corrected chi connectivity index (χ4v) is 2.54. The number of benzene rings is 1.